The van der Waals surface area contributed by atoms with Crippen LogP contribution in [0.3, 0.4) is 0 Å². The van der Waals surface area contributed by atoms with E-state index < -0.39 is 0 Å². The van der Waals surface area contributed by atoms with E-state index in [9.17, 15) is 0 Å². The van der Waals surface area contributed by atoms with Crippen LogP contribution < -0.4 is 0 Å². The highest BCUT2D eigenvalue weighted by Crippen LogP contribution is 2.26. The standard InChI is InChI=1S/C10H16ClN3S/c1-7-4-3-5-8(2)14(7)6-9-12-13-10(11)15-9/h7-8H,3-6H2,1-2H3/t7-,8+. The first kappa shape index (κ1) is 11.3. The van der Waals surface area contributed by atoms with Gasteiger partial charge in [-0.15, -0.1) is 10.2 Å². The maximum absolute atomic E-state index is 5.78. The van der Waals surface area contributed by atoms with Gasteiger partial charge in [-0.2, -0.15) is 0 Å². The van der Waals surface area contributed by atoms with Gasteiger partial charge in [0.05, 0.1) is 6.54 Å². The van der Waals surface area contributed by atoms with E-state index in [0.29, 0.717) is 16.6 Å². The quantitative estimate of drug-likeness (QED) is 0.802. The van der Waals surface area contributed by atoms with Crippen LogP contribution in [-0.4, -0.2) is 27.2 Å². The summed E-state index contributed by atoms with van der Waals surface area (Å²) in [4.78, 5) is 2.50. The molecule has 0 spiro atoms. The number of hydrogen-bond acceptors (Lipinski definition) is 4. The molecule has 1 saturated heterocycles. The molecule has 0 aromatic carbocycles. The average molecular weight is 246 g/mol. The Balaban J connectivity index is 2.03. The van der Waals surface area contributed by atoms with Crippen LogP contribution in [-0.2, 0) is 6.54 Å². The van der Waals surface area contributed by atoms with E-state index in [1.165, 1.54) is 30.6 Å². The summed E-state index contributed by atoms with van der Waals surface area (Å²) in [5.74, 6) is 0. The Morgan fingerprint density at radius 1 is 1.33 bits per heavy atom. The normalized spacial score (nSPS) is 28.2. The maximum Gasteiger partial charge on any atom is 0.207 e. The van der Waals surface area contributed by atoms with E-state index in [4.69, 9.17) is 11.6 Å². The minimum Gasteiger partial charge on any atom is -0.291 e. The van der Waals surface area contributed by atoms with Crippen LogP contribution >= 0.6 is 22.9 Å². The summed E-state index contributed by atoms with van der Waals surface area (Å²) in [6, 6.07) is 1.30. The summed E-state index contributed by atoms with van der Waals surface area (Å²) < 4.78 is 0.544. The fourth-order valence-corrected chi connectivity index (χ4v) is 3.12. The van der Waals surface area contributed by atoms with Gasteiger partial charge in [-0.05, 0) is 38.3 Å². The van der Waals surface area contributed by atoms with Gasteiger partial charge in [0.2, 0.25) is 4.47 Å². The van der Waals surface area contributed by atoms with Crippen molar-refractivity contribution in [3.05, 3.63) is 9.47 Å². The smallest absolute Gasteiger partial charge is 0.207 e. The highest BCUT2D eigenvalue weighted by molar-refractivity contribution is 7.15. The fraction of sp³-hybridized carbons (Fsp3) is 0.800. The summed E-state index contributed by atoms with van der Waals surface area (Å²) in [5, 5.41) is 8.94. The molecule has 0 N–H and O–H groups in total. The Kier molecular flexibility index (Phi) is 3.59. The Labute approximate surface area is 99.5 Å². The fourth-order valence-electron chi connectivity index (χ4n) is 2.24. The van der Waals surface area contributed by atoms with Crippen molar-refractivity contribution in [3.8, 4) is 0 Å². The zero-order valence-electron chi connectivity index (χ0n) is 9.11. The van der Waals surface area contributed by atoms with E-state index in [1.54, 1.807) is 0 Å². The van der Waals surface area contributed by atoms with Gasteiger partial charge in [-0.3, -0.25) is 4.90 Å². The second kappa shape index (κ2) is 4.76. The highest BCUT2D eigenvalue weighted by Gasteiger charge is 2.25. The molecule has 15 heavy (non-hydrogen) atoms. The second-order valence-electron chi connectivity index (χ2n) is 4.25. The van der Waals surface area contributed by atoms with Gasteiger partial charge in [0.25, 0.3) is 0 Å². The predicted molar refractivity (Wildman–Crippen MR) is 63.2 cm³/mol. The molecule has 0 aliphatic carbocycles. The second-order valence-corrected chi connectivity index (χ2v) is 5.89. The van der Waals surface area contributed by atoms with Gasteiger partial charge in [0.15, 0.2) is 0 Å². The molecule has 1 fully saturated rings. The molecular formula is C10H16ClN3S. The van der Waals surface area contributed by atoms with Crippen LogP contribution in [0.2, 0.25) is 4.47 Å². The number of nitrogens with zero attached hydrogens (tertiary/aromatic N) is 3. The molecule has 1 aromatic rings. The van der Waals surface area contributed by atoms with Crippen LogP contribution in [0, 0.1) is 0 Å². The molecule has 2 rings (SSSR count). The first-order chi connectivity index (χ1) is 7.16. The molecule has 3 nitrogen and oxygen atoms in total. The third-order valence-electron chi connectivity index (χ3n) is 3.14. The zero-order valence-corrected chi connectivity index (χ0v) is 10.7. The molecule has 1 aliphatic heterocycles. The average Bonchev–Trinajstić information content (AvgIpc) is 2.58. The van der Waals surface area contributed by atoms with Gasteiger partial charge in [-0.1, -0.05) is 17.8 Å². The van der Waals surface area contributed by atoms with Gasteiger partial charge >= 0.3 is 0 Å². The minimum absolute atomic E-state index is 0.544. The van der Waals surface area contributed by atoms with Crippen LogP contribution in [0.1, 0.15) is 38.1 Å². The summed E-state index contributed by atoms with van der Waals surface area (Å²) in [5.41, 5.74) is 0. The van der Waals surface area contributed by atoms with Gasteiger partial charge in [0.1, 0.15) is 5.01 Å². The van der Waals surface area contributed by atoms with Crippen molar-refractivity contribution in [2.75, 3.05) is 0 Å². The van der Waals surface area contributed by atoms with E-state index in [0.717, 1.165) is 11.6 Å². The summed E-state index contributed by atoms with van der Waals surface area (Å²) in [6.45, 7) is 5.48. The van der Waals surface area contributed by atoms with Crippen LogP contribution in [0.25, 0.3) is 0 Å². The van der Waals surface area contributed by atoms with Crippen molar-refractivity contribution in [3.63, 3.8) is 0 Å². The topological polar surface area (TPSA) is 29.0 Å². The van der Waals surface area contributed by atoms with Crippen molar-refractivity contribution in [1.29, 1.82) is 0 Å². The van der Waals surface area contributed by atoms with E-state index in [2.05, 4.69) is 28.9 Å². The van der Waals surface area contributed by atoms with E-state index in [-0.39, 0.29) is 0 Å². The number of aromatic nitrogens is 2. The Morgan fingerprint density at radius 2 is 2.00 bits per heavy atom. The maximum atomic E-state index is 5.78. The lowest BCUT2D eigenvalue weighted by Crippen LogP contribution is -2.42. The molecule has 0 unspecified atom stereocenters. The lowest BCUT2D eigenvalue weighted by molar-refractivity contribution is 0.0949. The van der Waals surface area contributed by atoms with Crippen LogP contribution in [0.4, 0.5) is 0 Å². The Hall–Kier alpha value is -0.190. The number of likely N-dealkylation sites (tertiary alicyclic amines) is 1. The number of rotatable bonds is 2. The summed E-state index contributed by atoms with van der Waals surface area (Å²) in [7, 11) is 0. The molecule has 1 aromatic heterocycles. The predicted octanol–water partition coefficient (Wildman–Crippen LogP) is 2.95. The molecule has 1 aliphatic rings. The van der Waals surface area contributed by atoms with Crippen molar-refractivity contribution in [2.24, 2.45) is 0 Å². The SMILES string of the molecule is C[C@@H]1CCC[C@H](C)N1Cc1nnc(Cl)s1. The number of halogens is 1. The Morgan fingerprint density at radius 3 is 2.53 bits per heavy atom. The minimum atomic E-state index is 0.544. The van der Waals surface area contributed by atoms with Gasteiger partial charge in [0, 0.05) is 12.1 Å². The number of piperidine rings is 1. The third kappa shape index (κ3) is 2.68. The zero-order chi connectivity index (χ0) is 10.8. The molecule has 2 heterocycles. The van der Waals surface area contributed by atoms with Crippen LogP contribution in [0.5, 0.6) is 0 Å². The van der Waals surface area contributed by atoms with Crippen LogP contribution in [0.15, 0.2) is 0 Å². The van der Waals surface area contributed by atoms with Crippen molar-refractivity contribution >= 4 is 22.9 Å². The van der Waals surface area contributed by atoms with Gasteiger partial charge < -0.3 is 0 Å². The van der Waals surface area contributed by atoms with Crippen molar-refractivity contribution < 1.29 is 0 Å². The Bertz CT molecular complexity index is 318. The lowest BCUT2D eigenvalue weighted by Gasteiger charge is -2.38. The molecule has 84 valence electrons. The largest absolute Gasteiger partial charge is 0.291 e. The monoisotopic (exact) mass is 245 g/mol. The third-order valence-corrected chi connectivity index (χ3v) is 4.14. The summed E-state index contributed by atoms with van der Waals surface area (Å²) >= 11 is 7.26. The molecule has 0 amide bonds. The first-order valence-electron chi connectivity index (χ1n) is 5.40. The molecule has 0 bridgehead atoms. The number of hydrogen-bond donors (Lipinski definition) is 0. The first-order valence-corrected chi connectivity index (χ1v) is 6.60. The molecule has 2 atom stereocenters. The molecule has 5 heteroatoms. The van der Waals surface area contributed by atoms with E-state index >= 15 is 0 Å². The van der Waals surface area contributed by atoms with Gasteiger partial charge in [-0.25, -0.2) is 0 Å². The lowest BCUT2D eigenvalue weighted by atomic mass is 9.98. The molecular weight excluding hydrogens is 230 g/mol. The van der Waals surface area contributed by atoms with Crippen molar-refractivity contribution in [2.45, 2.75) is 51.7 Å². The highest BCUT2D eigenvalue weighted by atomic mass is 35.5. The summed E-state index contributed by atoms with van der Waals surface area (Å²) in [6.07, 6.45) is 3.92. The van der Waals surface area contributed by atoms with E-state index in [1.807, 2.05) is 0 Å². The molecule has 0 saturated carbocycles. The van der Waals surface area contributed by atoms with Crippen molar-refractivity contribution in [1.82, 2.24) is 15.1 Å². The molecule has 0 radical (unpaired) electrons.